The molecular weight excluding hydrogens is 286 g/mol. The third kappa shape index (κ3) is 3.02. The third-order valence-corrected chi connectivity index (χ3v) is 2.71. The number of carbonyl (C=O) groups is 2. The summed E-state index contributed by atoms with van der Waals surface area (Å²) in [6.45, 7) is 1.00. The molecule has 21 heavy (non-hydrogen) atoms. The van der Waals surface area contributed by atoms with Crippen LogP contribution < -0.4 is 5.32 Å². The van der Waals surface area contributed by atoms with Gasteiger partial charge in [-0.05, 0) is 19.1 Å². The minimum atomic E-state index is -1.28. The van der Waals surface area contributed by atoms with Gasteiger partial charge in [0, 0.05) is 0 Å². The second-order valence-corrected chi connectivity index (χ2v) is 4.13. The molecule has 0 spiro atoms. The molecule has 0 bridgehead atoms. The fraction of sp³-hybridized carbons (Fsp3) is 0.167. The predicted molar refractivity (Wildman–Crippen MR) is 66.7 cm³/mol. The van der Waals surface area contributed by atoms with Crippen molar-refractivity contribution in [3.05, 3.63) is 41.2 Å². The number of anilines is 1. The van der Waals surface area contributed by atoms with Gasteiger partial charge >= 0.3 is 5.97 Å². The molecule has 0 aliphatic heterocycles. The van der Waals surface area contributed by atoms with E-state index in [0.717, 1.165) is 16.8 Å². The molecule has 1 heterocycles. The fourth-order valence-electron chi connectivity index (χ4n) is 1.64. The fourth-order valence-corrected chi connectivity index (χ4v) is 1.64. The van der Waals surface area contributed by atoms with Crippen LogP contribution >= 0.6 is 0 Å². The maximum Gasteiger partial charge on any atom is 0.358 e. The van der Waals surface area contributed by atoms with Crippen molar-refractivity contribution in [3.8, 4) is 0 Å². The summed E-state index contributed by atoms with van der Waals surface area (Å²) in [7, 11) is 0. The predicted octanol–water partition coefficient (Wildman–Crippen LogP) is 1.20. The number of hydrogen-bond acceptors (Lipinski definition) is 4. The lowest BCUT2D eigenvalue weighted by Gasteiger charge is -2.08. The minimum Gasteiger partial charge on any atom is -0.476 e. The highest BCUT2D eigenvalue weighted by molar-refractivity contribution is 5.91. The first-order chi connectivity index (χ1) is 9.90. The second kappa shape index (κ2) is 5.65. The molecule has 7 nitrogen and oxygen atoms in total. The lowest BCUT2D eigenvalue weighted by molar-refractivity contribution is -0.117. The average molecular weight is 296 g/mol. The summed E-state index contributed by atoms with van der Waals surface area (Å²) in [6, 6.07) is 3.17. The number of aromatic carboxylic acids is 1. The lowest BCUT2D eigenvalue weighted by Crippen LogP contribution is -2.21. The van der Waals surface area contributed by atoms with Crippen molar-refractivity contribution in [2.24, 2.45) is 0 Å². The maximum absolute atomic E-state index is 13.4. The van der Waals surface area contributed by atoms with Gasteiger partial charge in [-0.1, -0.05) is 11.3 Å². The number of nitrogens with one attached hydrogen (secondary N) is 1. The topological polar surface area (TPSA) is 97.1 Å². The zero-order chi connectivity index (χ0) is 15.6. The highest BCUT2D eigenvalue weighted by atomic mass is 19.1. The van der Waals surface area contributed by atoms with Crippen molar-refractivity contribution in [1.82, 2.24) is 15.0 Å². The van der Waals surface area contributed by atoms with Crippen LogP contribution in [0.15, 0.2) is 18.2 Å². The second-order valence-electron chi connectivity index (χ2n) is 4.13. The van der Waals surface area contributed by atoms with Crippen molar-refractivity contribution in [2.75, 3.05) is 5.32 Å². The zero-order valence-corrected chi connectivity index (χ0v) is 10.8. The molecule has 0 aliphatic rings. The Balaban J connectivity index is 2.14. The number of hydrogen-bond donors (Lipinski definition) is 2. The van der Waals surface area contributed by atoms with Gasteiger partial charge in [0.1, 0.15) is 23.9 Å². The van der Waals surface area contributed by atoms with Crippen LogP contribution in [-0.4, -0.2) is 32.0 Å². The number of aromatic nitrogens is 3. The van der Waals surface area contributed by atoms with E-state index in [1.54, 1.807) is 0 Å². The zero-order valence-electron chi connectivity index (χ0n) is 10.8. The van der Waals surface area contributed by atoms with Gasteiger partial charge in [0.2, 0.25) is 5.91 Å². The standard InChI is InChI=1S/C12H10F2N4O3/c1-6-10(12(20)21)16-17-18(6)5-9(19)15-11-7(13)3-2-4-8(11)14/h2-4H,5H2,1H3,(H,15,19)(H,20,21). The maximum atomic E-state index is 13.4. The molecule has 9 heteroatoms. The Kier molecular flexibility index (Phi) is 3.92. The van der Waals surface area contributed by atoms with Crippen LogP contribution in [-0.2, 0) is 11.3 Å². The summed E-state index contributed by atoms with van der Waals surface area (Å²) in [4.78, 5) is 22.5. The van der Waals surface area contributed by atoms with Crippen molar-refractivity contribution < 1.29 is 23.5 Å². The molecule has 0 atom stereocenters. The molecule has 2 rings (SSSR count). The first-order valence-electron chi connectivity index (χ1n) is 5.77. The highest BCUT2D eigenvalue weighted by Crippen LogP contribution is 2.18. The molecule has 0 saturated heterocycles. The number of nitrogens with zero attached hydrogens (tertiary/aromatic N) is 3. The van der Waals surface area contributed by atoms with E-state index in [1.807, 2.05) is 0 Å². The molecule has 1 aromatic heterocycles. The number of halogens is 2. The van der Waals surface area contributed by atoms with Gasteiger partial charge in [0.15, 0.2) is 5.69 Å². The van der Waals surface area contributed by atoms with Crippen LogP contribution in [0, 0.1) is 18.6 Å². The molecule has 0 radical (unpaired) electrons. The summed E-state index contributed by atoms with van der Waals surface area (Å²) in [6.07, 6.45) is 0. The highest BCUT2D eigenvalue weighted by Gasteiger charge is 2.18. The van der Waals surface area contributed by atoms with E-state index in [0.29, 0.717) is 0 Å². The normalized spacial score (nSPS) is 10.4. The third-order valence-electron chi connectivity index (χ3n) is 2.71. The number of carboxylic acids is 1. The molecule has 1 aromatic carbocycles. The lowest BCUT2D eigenvalue weighted by atomic mass is 10.3. The van der Waals surface area contributed by atoms with E-state index in [-0.39, 0.29) is 11.4 Å². The minimum absolute atomic E-state index is 0.159. The van der Waals surface area contributed by atoms with Gasteiger partial charge in [-0.15, -0.1) is 5.10 Å². The molecule has 110 valence electrons. The van der Waals surface area contributed by atoms with Gasteiger partial charge < -0.3 is 10.4 Å². The van der Waals surface area contributed by atoms with Crippen molar-refractivity contribution >= 4 is 17.6 Å². The molecule has 0 fully saturated rings. The van der Waals surface area contributed by atoms with Gasteiger partial charge in [0.25, 0.3) is 0 Å². The summed E-state index contributed by atoms with van der Waals surface area (Å²) >= 11 is 0. The van der Waals surface area contributed by atoms with Crippen LogP contribution in [0.1, 0.15) is 16.2 Å². The number of benzene rings is 1. The Labute approximate surface area is 117 Å². The van der Waals surface area contributed by atoms with E-state index in [9.17, 15) is 18.4 Å². The van der Waals surface area contributed by atoms with E-state index < -0.39 is 35.7 Å². The summed E-state index contributed by atoms with van der Waals surface area (Å²) < 4.78 is 27.8. The molecular formula is C12H10F2N4O3. The summed E-state index contributed by atoms with van der Waals surface area (Å²) in [5.41, 5.74) is -0.703. The van der Waals surface area contributed by atoms with E-state index in [4.69, 9.17) is 5.11 Å². The van der Waals surface area contributed by atoms with Gasteiger partial charge in [0.05, 0.1) is 5.69 Å². The number of rotatable bonds is 4. The summed E-state index contributed by atoms with van der Waals surface area (Å²) in [5.74, 6) is -3.86. The quantitative estimate of drug-likeness (QED) is 0.883. The van der Waals surface area contributed by atoms with Crippen LogP contribution in [0.2, 0.25) is 0 Å². The smallest absolute Gasteiger partial charge is 0.358 e. The van der Waals surface area contributed by atoms with Crippen molar-refractivity contribution in [3.63, 3.8) is 0 Å². The Morgan fingerprint density at radius 3 is 2.48 bits per heavy atom. The van der Waals surface area contributed by atoms with E-state index in [1.165, 1.54) is 13.0 Å². The van der Waals surface area contributed by atoms with Gasteiger partial charge in [-0.25, -0.2) is 18.3 Å². The number of amides is 1. The van der Waals surface area contributed by atoms with Crippen LogP contribution in [0.5, 0.6) is 0 Å². The van der Waals surface area contributed by atoms with E-state index >= 15 is 0 Å². The van der Waals surface area contributed by atoms with Gasteiger partial charge in [-0.3, -0.25) is 4.79 Å². The Morgan fingerprint density at radius 2 is 1.95 bits per heavy atom. The molecule has 0 saturated carbocycles. The number of carbonyl (C=O) groups excluding carboxylic acids is 1. The molecule has 2 N–H and O–H groups in total. The Morgan fingerprint density at radius 1 is 1.33 bits per heavy atom. The van der Waals surface area contributed by atoms with Crippen molar-refractivity contribution in [2.45, 2.75) is 13.5 Å². The van der Waals surface area contributed by atoms with Crippen molar-refractivity contribution in [1.29, 1.82) is 0 Å². The molecule has 0 unspecified atom stereocenters. The average Bonchev–Trinajstić information content (AvgIpc) is 2.76. The van der Waals surface area contributed by atoms with E-state index in [2.05, 4.69) is 15.6 Å². The first-order valence-corrected chi connectivity index (χ1v) is 5.77. The number of para-hydroxylation sites is 1. The number of carboxylic acid groups (broad SMARTS) is 1. The molecule has 1 amide bonds. The SMILES string of the molecule is Cc1c(C(=O)O)nnn1CC(=O)Nc1c(F)cccc1F. The largest absolute Gasteiger partial charge is 0.476 e. The van der Waals surface area contributed by atoms with Gasteiger partial charge in [-0.2, -0.15) is 0 Å². The summed E-state index contributed by atoms with van der Waals surface area (Å²) in [5, 5.41) is 17.8. The first kappa shape index (κ1) is 14.6. The Hall–Kier alpha value is -2.84. The molecule has 0 aliphatic carbocycles. The monoisotopic (exact) mass is 296 g/mol. The molecule has 2 aromatic rings. The Bertz CT molecular complexity index is 694. The van der Waals surface area contributed by atoms with Crippen LogP contribution in [0.3, 0.4) is 0 Å². The van der Waals surface area contributed by atoms with Crippen LogP contribution in [0.25, 0.3) is 0 Å². The van der Waals surface area contributed by atoms with Crippen LogP contribution in [0.4, 0.5) is 14.5 Å².